The van der Waals surface area contributed by atoms with Crippen LogP contribution in [0.5, 0.6) is 0 Å². The highest BCUT2D eigenvalue weighted by molar-refractivity contribution is 5.97. The summed E-state index contributed by atoms with van der Waals surface area (Å²) >= 11 is 0. The molecule has 1 saturated heterocycles. The van der Waals surface area contributed by atoms with Crippen LogP contribution in [0.4, 0.5) is 0 Å². The lowest BCUT2D eigenvalue weighted by Crippen LogP contribution is -2.57. The van der Waals surface area contributed by atoms with E-state index in [1.165, 1.54) is 18.3 Å². The average Bonchev–Trinajstić information content (AvgIpc) is 2.40. The summed E-state index contributed by atoms with van der Waals surface area (Å²) in [6.45, 7) is 0.580. The molecule has 2 rings (SSSR count). The van der Waals surface area contributed by atoms with Gasteiger partial charge in [0.2, 0.25) is 5.56 Å². The SMILES string of the molecule is O=C(NC1(C(=O)O)CCOCC1)c1ccc(=O)[nH]c1. The van der Waals surface area contributed by atoms with E-state index in [4.69, 9.17) is 4.74 Å². The van der Waals surface area contributed by atoms with Crippen molar-refractivity contribution in [2.45, 2.75) is 18.4 Å². The van der Waals surface area contributed by atoms with Gasteiger partial charge in [-0.05, 0) is 6.07 Å². The van der Waals surface area contributed by atoms with Crippen molar-refractivity contribution in [1.29, 1.82) is 0 Å². The second-order valence-electron chi connectivity index (χ2n) is 4.40. The molecular formula is C12H14N2O5. The van der Waals surface area contributed by atoms with Gasteiger partial charge >= 0.3 is 5.97 Å². The Hall–Kier alpha value is -2.15. The van der Waals surface area contributed by atoms with E-state index in [1.807, 2.05) is 0 Å². The van der Waals surface area contributed by atoms with Crippen molar-refractivity contribution in [3.8, 4) is 0 Å². The smallest absolute Gasteiger partial charge is 0.329 e. The van der Waals surface area contributed by atoms with E-state index in [-0.39, 0.29) is 37.2 Å². The third-order valence-corrected chi connectivity index (χ3v) is 3.15. The van der Waals surface area contributed by atoms with E-state index >= 15 is 0 Å². The molecule has 7 nitrogen and oxygen atoms in total. The molecule has 3 N–H and O–H groups in total. The molecule has 19 heavy (non-hydrogen) atoms. The molecule has 102 valence electrons. The molecule has 0 aliphatic carbocycles. The normalized spacial score (nSPS) is 17.7. The van der Waals surface area contributed by atoms with Gasteiger partial charge in [0.1, 0.15) is 5.54 Å². The summed E-state index contributed by atoms with van der Waals surface area (Å²) in [5, 5.41) is 11.8. The van der Waals surface area contributed by atoms with Crippen LogP contribution in [-0.4, -0.2) is 40.7 Å². The number of hydrogen-bond acceptors (Lipinski definition) is 4. The molecule has 1 aliphatic heterocycles. The standard InChI is InChI=1S/C12H14N2O5/c15-9-2-1-8(7-13-9)10(16)14-12(11(17)18)3-5-19-6-4-12/h1-2,7H,3-6H2,(H,13,15)(H,14,16)(H,17,18). The number of H-pyrrole nitrogens is 1. The fourth-order valence-corrected chi connectivity index (χ4v) is 1.95. The Morgan fingerprint density at radius 1 is 1.32 bits per heavy atom. The van der Waals surface area contributed by atoms with Gasteiger partial charge in [-0.15, -0.1) is 0 Å². The van der Waals surface area contributed by atoms with Crippen molar-refractivity contribution < 1.29 is 19.4 Å². The summed E-state index contributed by atoms with van der Waals surface area (Å²) in [5.74, 6) is -1.60. The van der Waals surface area contributed by atoms with Crippen LogP contribution in [0, 0.1) is 0 Å². The number of ether oxygens (including phenoxy) is 1. The van der Waals surface area contributed by atoms with Gasteiger partial charge in [0, 0.05) is 38.3 Å². The maximum absolute atomic E-state index is 12.0. The van der Waals surface area contributed by atoms with E-state index in [0.717, 1.165) is 0 Å². The topological polar surface area (TPSA) is 108 Å². The summed E-state index contributed by atoms with van der Waals surface area (Å²) in [6.07, 6.45) is 1.70. The highest BCUT2D eigenvalue weighted by Crippen LogP contribution is 2.21. The Morgan fingerprint density at radius 2 is 2.00 bits per heavy atom. The lowest BCUT2D eigenvalue weighted by Gasteiger charge is -2.33. The van der Waals surface area contributed by atoms with Crippen molar-refractivity contribution in [3.63, 3.8) is 0 Å². The van der Waals surface area contributed by atoms with Crippen LogP contribution in [-0.2, 0) is 9.53 Å². The van der Waals surface area contributed by atoms with Crippen LogP contribution < -0.4 is 10.9 Å². The number of nitrogens with one attached hydrogen (secondary N) is 2. The molecule has 0 radical (unpaired) electrons. The molecule has 1 aliphatic rings. The van der Waals surface area contributed by atoms with E-state index in [0.29, 0.717) is 0 Å². The Kier molecular flexibility index (Phi) is 3.66. The summed E-state index contributed by atoms with van der Waals surface area (Å²) in [5.41, 5.74) is -1.41. The summed E-state index contributed by atoms with van der Waals surface area (Å²) in [4.78, 5) is 36.6. The molecule has 0 atom stereocenters. The third kappa shape index (κ3) is 2.82. The molecule has 0 spiro atoms. The molecule has 0 saturated carbocycles. The van der Waals surface area contributed by atoms with Crippen LogP contribution in [0.15, 0.2) is 23.1 Å². The van der Waals surface area contributed by atoms with Gasteiger partial charge in [-0.3, -0.25) is 9.59 Å². The van der Waals surface area contributed by atoms with Gasteiger partial charge < -0.3 is 20.1 Å². The first kappa shape index (κ1) is 13.3. The van der Waals surface area contributed by atoms with E-state index in [2.05, 4.69) is 10.3 Å². The largest absolute Gasteiger partial charge is 0.480 e. The average molecular weight is 266 g/mol. The molecule has 0 aromatic carbocycles. The summed E-state index contributed by atoms with van der Waals surface area (Å²) < 4.78 is 5.12. The lowest BCUT2D eigenvalue weighted by atomic mass is 9.90. The number of pyridine rings is 1. The minimum absolute atomic E-state index is 0.215. The molecule has 7 heteroatoms. The van der Waals surface area contributed by atoms with E-state index in [1.54, 1.807) is 0 Å². The third-order valence-electron chi connectivity index (χ3n) is 3.15. The Labute approximate surface area is 108 Å². The van der Waals surface area contributed by atoms with E-state index in [9.17, 15) is 19.5 Å². The van der Waals surface area contributed by atoms with Crippen LogP contribution in [0.3, 0.4) is 0 Å². The Balaban J connectivity index is 2.17. The first-order chi connectivity index (χ1) is 9.03. The highest BCUT2D eigenvalue weighted by Gasteiger charge is 2.41. The molecule has 1 aromatic heterocycles. The van der Waals surface area contributed by atoms with Gasteiger partial charge in [0.05, 0.1) is 5.56 Å². The summed E-state index contributed by atoms with van der Waals surface area (Å²) in [7, 11) is 0. The zero-order valence-electron chi connectivity index (χ0n) is 10.1. The fourth-order valence-electron chi connectivity index (χ4n) is 1.95. The van der Waals surface area contributed by atoms with Crippen molar-refractivity contribution >= 4 is 11.9 Å². The number of carboxylic acid groups (broad SMARTS) is 1. The Morgan fingerprint density at radius 3 is 2.53 bits per heavy atom. The number of aromatic amines is 1. The number of aliphatic carboxylic acids is 1. The first-order valence-corrected chi connectivity index (χ1v) is 5.86. The lowest BCUT2D eigenvalue weighted by molar-refractivity contribution is -0.148. The second kappa shape index (κ2) is 5.23. The number of amides is 1. The van der Waals surface area contributed by atoms with Crippen LogP contribution in [0.1, 0.15) is 23.2 Å². The van der Waals surface area contributed by atoms with Gasteiger partial charge in [-0.1, -0.05) is 0 Å². The number of hydrogen-bond donors (Lipinski definition) is 3. The number of carbonyl (C=O) groups excluding carboxylic acids is 1. The molecule has 0 unspecified atom stereocenters. The van der Waals surface area contributed by atoms with Gasteiger partial charge in [0.25, 0.3) is 5.91 Å². The number of carboxylic acids is 1. The van der Waals surface area contributed by atoms with Crippen molar-refractivity contribution in [2.24, 2.45) is 0 Å². The van der Waals surface area contributed by atoms with Crippen LogP contribution in [0.2, 0.25) is 0 Å². The quantitative estimate of drug-likeness (QED) is 0.698. The monoisotopic (exact) mass is 266 g/mol. The zero-order chi connectivity index (χ0) is 13.9. The first-order valence-electron chi connectivity index (χ1n) is 5.86. The second-order valence-corrected chi connectivity index (χ2v) is 4.40. The van der Waals surface area contributed by atoms with Crippen molar-refractivity contribution in [3.05, 3.63) is 34.2 Å². The zero-order valence-corrected chi connectivity index (χ0v) is 10.1. The van der Waals surface area contributed by atoms with Crippen molar-refractivity contribution in [1.82, 2.24) is 10.3 Å². The van der Waals surface area contributed by atoms with Crippen LogP contribution >= 0.6 is 0 Å². The number of carbonyl (C=O) groups is 2. The van der Waals surface area contributed by atoms with Gasteiger partial charge in [-0.25, -0.2) is 4.79 Å². The molecule has 1 fully saturated rings. The molecule has 2 heterocycles. The van der Waals surface area contributed by atoms with E-state index < -0.39 is 17.4 Å². The summed E-state index contributed by atoms with van der Waals surface area (Å²) in [6, 6.07) is 2.56. The molecule has 1 aromatic rings. The molecule has 1 amide bonds. The maximum atomic E-state index is 12.0. The minimum Gasteiger partial charge on any atom is -0.480 e. The molecular weight excluding hydrogens is 252 g/mol. The highest BCUT2D eigenvalue weighted by atomic mass is 16.5. The van der Waals surface area contributed by atoms with Crippen molar-refractivity contribution in [2.75, 3.05) is 13.2 Å². The van der Waals surface area contributed by atoms with Gasteiger partial charge in [0.15, 0.2) is 0 Å². The fraction of sp³-hybridized carbons (Fsp3) is 0.417. The van der Waals surface area contributed by atoms with Crippen LogP contribution in [0.25, 0.3) is 0 Å². The maximum Gasteiger partial charge on any atom is 0.329 e. The Bertz CT molecular complexity index is 525. The number of aromatic nitrogens is 1. The number of rotatable bonds is 3. The molecule has 0 bridgehead atoms. The minimum atomic E-state index is -1.30. The predicted molar refractivity (Wildman–Crippen MR) is 64.9 cm³/mol. The predicted octanol–water partition coefficient (Wildman–Crippen LogP) is -0.262. The van der Waals surface area contributed by atoms with Gasteiger partial charge in [-0.2, -0.15) is 0 Å².